The van der Waals surface area contributed by atoms with Gasteiger partial charge in [-0.25, -0.2) is 0 Å². The molecule has 0 spiro atoms. The summed E-state index contributed by atoms with van der Waals surface area (Å²) in [6, 6.07) is 6.58. The molecule has 0 saturated carbocycles. The van der Waals surface area contributed by atoms with Gasteiger partial charge in [0, 0.05) is 5.69 Å². The summed E-state index contributed by atoms with van der Waals surface area (Å²) in [4.78, 5) is 25.6. The summed E-state index contributed by atoms with van der Waals surface area (Å²) in [7, 11) is 0. The fourth-order valence-corrected chi connectivity index (χ4v) is 2.41. The zero-order valence-corrected chi connectivity index (χ0v) is 11.3. The first-order valence-corrected chi connectivity index (χ1v) is 6.35. The number of furan rings is 1. The number of benzene rings is 1. The second-order valence-corrected chi connectivity index (χ2v) is 5.01. The van der Waals surface area contributed by atoms with Crippen LogP contribution in [0.5, 0.6) is 0 Å². The molecule has 0 atom stereocenters. The molecule has 1 aliphatic heterocycles. The van der Waals surface area contributed by atoms with Gasteiger partial charge in [0.25, 0.3) is 11.8 Å². The van der Waals surface area contributed by atoms with E-state index in [-0.39, 0.29) is 23.9 Å². The van der Waals surface area contributed by atoms with E-state index < -0.39 is 0 Å². The number of carbonyl (C=O) groups excluding carboxylic acids is 2. The number of rotatable bonds is 2. The largest absolute Gasteiger partial charge is 0.466 e. The second-order valence-electron chi connectivity index (χ2n) is 4.16. The normalized spacial score (nSPS) is 14.1. The smallest absolute Gasteiger partial charge is 0.264 e. The highest BCUT2D eigenvalue weighted by Crippen LogP contribution is 2.30. The number of amides is 2. The van der Waals surface area contributed by atoms with Crippen molar-refractivity contribution in [2.45, 2.75) is 6.54 Å². The van der Waals surface area contributed by atoms with E-state index in [1.165, 1.54) is 6.26 Å². The first-order valence-electron chi connectivity index (χ1n) is 5.56. The van der Waals surface area contributed by atoms with Crippen LogP contribution in [0.25, 0.3) is 0 Å². The van der Waals surface area contributed by atoms with Crippen molar-refractivity contribution in [3.8, 4) is 0 Å². The number of anilines is 1. The Hall–Kier alpha value is -2.08. The lowest BCUT2D eigenvalue weighted by Crippen LogP contribution is -2.29. The van der Waals surface area contributed by atoms with Crippen LogP contribution in [0.15, 0.2) is 39.4 Å². The summed E-state index contributed by atoms with van der Waals surface area (Å²) in [5.74, 6) is -0.218. The summed E-state index contributed by atoms with van der Waals surface area (Å²) in [6.45, 7) is 0.0827. The monoisotopic (exact) mass is 320 g/mol. The van der Waals surface area contributed by atoms with E-state index in [4.69, 9.17) is 10.2 Å². The van der Waals surface area contributed by atoms with Crippen LogP contribution < -0.4 is 5.73 Å². The first kappa shape index (κ1) is 12.0. The van der Waals surface area contributed by atoms with Gasteiger partial charge in [-0.2, -0.15) is 0 Å². The number of nitrogen functional groups attached to an aromatic ring is 1. The van der Waals surface area contributed by atoms with Gasteiger partial charge in [-0.3, -0.25) is 14.5 Å². The molecule has 1 aromatic heterocycles. The van der Waals surface area contributed by atoms with Crippen LogP contribution in [0.4, 0.5) is 5.69 Å². The molecule has 0 bridgehead atoms. The third-order valence-electron chi connectivity index (χ3n) is 3.02. The lowest BCUT2D eigenvalue weighted by Gasteiger charge is -2.12. The van der Waals surface area contributed by atoms with Gasteiger partial charge in [0.1, 0.15) is 5.76 Å². The van der Waals surface area contributed by atoms with Gasteiger partial charge in [0.05, 0.1) is 28.4 Å². The zero-order chi connectivity index (χ0) is 13.6. The van der Waals surface area contributed by atoms with Gasteiger partial charge in [0.15, 0.2) is 0 Å². The Bertz CT molecular complexity index is 693. The lowest BCUT2D eigenvalue weighted by atomic mass is 10.1. The number of hydrogen-bond donors (Lipinski definition) is 1. The average molecular weight is 321 g/mol. The standard InChI is InChI=1S/C13H9BrN2O3/c14-8-4-5-19-10(8)6-16-12(17)7-2-1-3-9(15)11(7)13(16)18/h1-5H,6,15H2. The van der Waals surface area contributed by atoms with Crippen LogP contribution >= 0.6 is 15.9 Å². The molecule has 2 N–H and O–H groups in total. The summed E-state index contributed by atoms with van der Waals surface area (Å²) in [5.41, 5.74) is 6.69. The van der Waals surface area contributed by atoms with Gasteiger partial charge in [-0.15, -0.1) is 0 Å². The molecular weight excluding hydrogens is 312 g/mol. The average Bonchev–Trinajstić information content (AvgIpc) is 2.88. The fourth-order valence-electron chi connectivity index (χ4n) is 2.08. The Labute approximate surface area is 117 Å². The third kappa shape index (κ3) is 1.76. The van der Waals surface area contributed by atoms with Crippen LogP contribution in [0.2, 0.25) is 0 Å². The van der Waals surface area contributed by atoms with E-state index in [2.05, 4.69) is 15.9 Å². The van der Waals surface area contributed by atoms with E-state index in [0.717, 1.165) is 9.37 Å². The van der Waals surface area contributed by atoms with Crippen molar-refractivity contribution in [2.75, 3.05) is 5.73 Å². The Kier molecular flexibility index (Phi) is 2.67. The van der Waals surface area contributed by atoms with E-state index in [1.807, 2.05) is 0 Å². The van der Waals surface area contributed by atoms with Crippen molar-refractivity contribution in [3.05, 3.63) is 51.9 Å². The molecule has 5 nitrogen and oxygen atoms in total. The SMILES string of the molecule is Nc1cccc2c1C(=O)N(Cc1occc1Br)C2=O. The molecule has 6 heteroatoms. The van der Waals surface area contributed by atoms with Gasteiger partial charge in [-0.1, -0.05) is 6.07 Å². The minimum Gasteiger partial charge on any atom is -0.466 e. The van der Waals surface area contributed by atoms with Crippen LogP contribution in [-0.2, 0) is 6.54 Å². The van der Waals surface area contributed by atoms with E-state index in [9.17, 15) is 9.59 Å². The number of hydrogen-bond acceptors (Lipinski definition) is 4. The zero-order valence-electron chi connectivity index (χ0n) is 9.72. The molecule has 0 saturated heterocycles. The Morgan fingerprint density at radius 2 is 2.00 bits per heavy atom. The van der Waals surface area contributed by atoms with Crippen molar-refractivity contribution >= 4 is 33.4 Å². The summed E-state index contributed by atoms with van der Waals surface area (Å²) < 4.78 is 5.95. The maximum atomic E-state index is 12.2. The maximum Gasteiger partial charge on any atom is 0.264 e. The number of nitrogens with zero attached hydrogens (tertiary/aromatic N) is 1. The van der Waals surface area contributed by atoms with Crippen molar-refractivity contribution in [2.24, 2.45) is 0 Å². The predicted molar refractivity (Wildman–Crippen MR) is 71.5 cm³/mol. The molecule has 0 radical (unpaired) electrons. The van der Waals surface area contributed by atoms with E-state index >= 15 is 0 Å². The highest BCUT2D eigenvalue weighted by molar-refractivity contribution is 9.10. The van der Waals surface area contributed by atoms with Gasteiger partial charge < -0.3 is 10.2 Å². The van der Waals surface area contributed by atoms with Crippen LogP contribution in [0.1, 0.15) is 26.5 Å². The highest BCUT2D eigenvalue weighted by atomic mass is 79.9. The van der Waals surface area contributed by atoms with Crippen LogP contribution in [0, 0.1) is 0 Å². The Balaban J connectivity index is 1.99. The Morgan fingerprint density at radius 1 is 1.21 bits per heavy atom. The van der Waals surface area contributed by atoms with Crippen molar-refractivity contribution < 1.29 is 14.0 Å². The molecule has 2 aromatic rings. The molecular formula is C13H9BrN2O3. The molecule has 2 amide bonds. The van der Waals surface area contributed by atoms with Gasteiger partial charge in [-0.05, 0) is 34.1 Å². The highest BCUT2D eigenvalue weighted by Gasteiger charge is 2.37. The van der Waals surface area contributed by atoms with Crippen molar-refractivity contribution in [1.29, 1.82) is 0 Å². The van der Waals surface area contributed by atoms with E-state index in [0.29, 0.717) is 17.0 Å². The molecule has 1 aromatic carbocycles. The molecule has 0 unspecified atom stereocenters. The van der Waals surface area contributed by atoms with Crippen molar-refractivity contribution in [3.63, 3.8) is 0 Å². The first-order chi connectivity index (χ1) is 9.09. The van der Waals surface area contributed by atoms with Gasteiger partial charge in [0.2, 0.25) is 0 Å². The second kappa shape index (κ2) is 4.24. The molecule has 3 rings (SSSR count). The molecule has 2 heterocycles. The van der Waals surface area contributed by atoms with Crippen LogP contribution in [0.3, 0.4) is 0 Å². The summed E-state index contributed by atoms with van der Waals surface area (Å²) in [6.07, 6.45) is 1.49. The molecule has 96 valence electrons. The molecule has 0 aliphatic carbocycles. The Morgan fingerprint density at radius 3 is 2.63 bits per heavy atom. The maximum absolute atomic E-state index is 12.2. The topological polar surface area (TPSA) is 76.5 Å². The minimum absolute atomic E-state index is 0.0827. The minimum atomic E-state index is -0.388. The number of nitrogens with two attached hydrogens (primary N) is 1. The lowest BCUT2D eigenvalue weighted by molar-refractivity contribution is 0.0631. The number of halogens is 1. The number of imide groups is 1. The van der Waals surface area contributed by atoms with Gasteiger partial charge >= 0.3 is 0 Å². The number of fused-ring (bicyclic) bond motifs is 1. The molecule has 19 heavy (non-hydrogen) atoms. The quantitative estimate of drug-likeness (QED) is 0.681. The number of carbonyl (C=O) groups is 2. The summed E-state index contributed by atoms with van der Waals surface area (Å²) >= 11 is 3.30. The third-order valence-corrected chi connectivity index (χ3v) is 3.73. The van der Waals surface area contributed by atoms with E-state index in [1.54, 1.807) is 24.3 Å². The van der Waals surface area contributed by atoms with Crippen molar-refractivity contribution in [1.82, 2.24) is 4.90 Å². The molecule has 0 fully saturated rings. The summed E-state index contributed by atoms with van der Waals surface area (Å²) in [5, 5.41) is 0. The molecule has 1 aliphatic rings. The predicted octanol–water partition coefficient (Wildman–Crippen LogP) is 2.42. The fraction of sp³-hybridized carbons (Fsp3) is 0.0769. The van der Waals surface area contributed by atoms with Crippen LogP contribution in [-0.4, -0.2) is 16.7 Å².